The number of fused-ring (bicyclic) bond motifs is 3. The summed E-state index contributed by atoms with van der Waals surface area (Å²) in [7, 11) is 4.06. The van der Waals surface area contributed by atoms with Gasteiger partial charge in [-0.15, -0.1) is 0 Å². The van der Waals surface area contributed by atoms with Gasteiger partial charge in [-0.1, -0.05) is 0 Å². The van der Waals surface area contributed by atoms with Crippen molar-refractivity contribution in [2.45, 2.75) is 83.3 Å². The van der Waals surface area contributed by atoms with E-state index in [9.17, 15) is 9.59 Å². The normalized spacial score (nSPS) is 27.3. The molecule has 3 atom stereocenters. The predicted molar refractivity (Wildman–Crippen MR) is 139 cm³/mol. The van der Waals surface area contributed by atoms with E-state index in [0.717, 1.165) is 36.9 Å². The first-order valence-electron chi connectivity index (χ1n) is 13.5. The number of ether oxygens (including phenoxy) is 3. The summed E-state index contributed by atoms with van der Waals surface area (Å²) in [5, 5.41) is 0. The Hall–Kier alpha value is -2.91. The van der Waals surface area contributed by atoms with Gasteiger partial charge in [0.2, 0.25) is 5.75 Å². The number of likely N-dealkylation sites (N-methyl/N-ethyl adjacent to an activating group) is 1. The van der Waals surface area contributed by atoms with Crippen LogP contribution in [0, 0.1) is 26.6 Å². The molecule has 1 saturated heterocycles. The highest BCUT2D eigenvalue weighted by Gasteiger charge is 2.57. The third-order valence-corrected chi connectivity index (χ3v) is 8.99. The number of aromatic nitrogens is 1. The third-order valence-electron chi connectivity index (χ3n) is 8.99. The number of aromatic amines is 1. The van der Waals surface area contributed by atoms with Crippen molar-refractivity contribution < 1.29 is 23.4 Å². The van der Waals surface area contributed by atoms with E-state index in [4.69, 9.17) is 14.2 Å². The minimum atomic E-state index is -1.18. The van der Waals surface area contributed by atoms with Crippen molar-refractivity contribution in [3.05, 3.63) is 55.7 Å². The molecule has 1 spiro atoms. The van der Waals surface area contributed by atoms with Crippen LogP contribution in [-0.2, 0) is 16.7 Å². The highest BCUT2D eigenvalue weighted by atomic mass is 19.1. The van der Waals surface area contributed by atoms with E-state index in [2.05, 4.69) is 9.88 Å². The van der Waals surface area contributed by atoms with Gasteiger partial charge in [-0.05, 0) is 72.2 Å². The van der Waals surface area contributed by atoms with E-state index < -0.39 is 17.0 Å². The lowest BCUT2D eigenvalue weighted by Crippen LogP contribution is -2.53. The Morgan fingerprint density at radius 1 is 1.13 bits per heavy atom. The van der Waals surface area contributed by atoms with Gasteiger partial charge in [0.15, 0.2) is 11.6 Å². The van der Waals surface area contributed by atoms with Gasteiger partial charge in [-0.2, -0.15) is 0 Å². The number of H-pyrrole nitrogens is 1. The predicted octanol–water partition coefficient (Wildman–Crippen LogP) is 3.72. The van der Waals surface area contributed by atoms with Crippen molar-refractivity contribution in [2.24, 2.45) is 0 Å². The van der Waals surface area contributed by atoms with Crippen molar-refractivity contribution in [1.29, 1.82) is 0 Å². The molecule has 8 nitrogen and oxygen atoms in total. The second-order valence-electron chi connectivity index (χ2n) is 12.0. The van der Waals surface area contributed by atoms with E-state index >= 15 is 4.39 Å². The van der Waals surface area contributed by atoms with Crippen LogP contribution in [-0.4, -0.2) is 65.9 Å². The summed E-state index contributed by atoms with van der Waals surface area (Å²) in [6, 6.07) is 2.22. The number of benzene rings is 1. The van der Waals surface area contributed by atoms with E-state index in [1.165, 1.54) is 0 Å². The smallest absolute Gasteiger partial charge is 0.275 e. The molecule has 0 radical (unpaired) electrons. The average molecular weight is 526 g/mol. The zero-order valence-corrected chi connectivity index (χ0v) is 23.0. The lowest BCUT2D eigenvalue weighted by molar-refractivity contribution is -0.191. The first kappa shape index (κ1) is 25.4. The van der Waals surface area contributed by atoms with Crippen molar-refractivity contribution in [3.63, 3.8) is 0 Å². The molecule has 9 heteroatoms. The van der Waals surface area contributed by atoms with Crippen LogP contribution in [0.4, 0.5) is 4.39 Å². The summed E-state index contributed by atoms with van der Waals surface area (Å²) in [5.74, 6) is -1.60. The molecule has 0 bridgehead atoms. The molecule has 6 rings (SSSR count). The van der Waals surface area contributed by atoms with E-state index in [1.54, 1.807) is 18.7 Å². The molecule has 3 aliphatic heterocycles. The fourth-order valence-electron chi connectivity index (χ4n) is 6.52. The quantitative estimate of drug-likeness (QED) is 0.655. The summed E-state index contributed by atoms with van der Waals surface area (Å²) in [4.78, 5) is 33.3. The highest BCUT2D eigenvalue weighted by Crippen LogP contribution is 2.59. The first-order valence-corrected chi connectivity index (χ1v) is 13.5. The molecule has 1 aromatic carbocycles. The summed E-state index contributed by atoms with van der Waals surface area (Å²) in [5.41, 5.74) is 2.87. The Bertz CT molecular complexity index is 1390. The topological polar surface area (TPSA) is 84.1 Å². The molecule has 204 valence electrons. The standard InChI is InChI=1S/C29H36FN3O5/c1-15-11-16(2)31-26(34)19(15)12-33-14-29(9-10-29)22-21(27(33)35)17(3)24-25(23(22)30)38-28(4,37-24)20-8-7-18(13-36-20)32(5)6/h11,18,20H,7-10,12-14H2,1-6H3,(H,31,34)/t18-,20-,28-/m0/s1. The number of amides is 1. The van der Waals surface area contributed by atoms with Gasteiger partial charge in [-0.3, -0.25) is 9.59 Å². The van der Waals surface area contributed by atoms with Gasteiger partial charge in [0.1, 0.15) is 6.10 Å². The van der Waals surface area contributed by atoms with Crippen LogP contribution in [0.2, 0.25) is 0 Å². The lowest BCUT2D eigenvalue weighted by atomic mass is 9.83. The maximum absolute atomic E-state index is 16.3. The monoisotopic (exact) mass is 525 g/mol. The number of carbonyl (C=O) groups is 1. The summed E-state index contributed by atoms with van der Waals surface area (Å²) < 4.78 is 35.0. The number of nitrogens with one attached hydrogen (secondary N) is 1. The number of aryl methyl sites for hydroxylation is 2. The van der Waals surface area contributed by atoms with Crippen LogP contribution in [0.5, 0.6) is 11.5 Å². The van der Waals surface area contributed by atoms with Crippen LogP contribution in [0.15, 0.2) is 10.9 Å². The molecule has 38 heavy (non-hydrogen) atoms. The van der Waals surface area contributed by atoms with Crippen LogP contribution in [0.1, 0.15) is 70.9 Å². The molecular weight excluding hydrogens is 489 g/mol. The number of carbonyl (C=O) groups excluding carboxylic acids is 1. The Labute approximate surface area is 222 Å². The molecule has 1 N–H and O–H groups in total. The largest absolute Gasteiger partial charge is 0.446 e. The summed E-state index contributed by atoms with van der Waals surface area (Å²) in [6.07, 6.45) is 2.83. The Morgan fingerprint density at radius 2 is 1.84 bits per heavy atom. The Balaban J connectivity index is 1.35. The molecule has 0 unspecified atom stereocenters. The van der Waals surface area contributed by atoms with E-state index in [1.807, 2.05) is 34.0 Å². The van der Waals surface area contributed by atoms with Crippen LogP contribution in [0.3, 0.4) is 0 Å². The number of rotatable bonds is 4. The van der Waals surface area contributed by atoms with Crippen LogP contribution in [0.25, 0.3) is 0 Å². The van der Waals surface area contributed by atoms with E-state index in [-0.39, 0.29) is 35.6 Å². The first-order chi connectivity index (χ1) is 17.9. The highest BCUT2D eigenvalue weighted by molar-refractivity contribution is 6.00. The summed E-state index contributed by atoms with van der Waals surface area (Å²) in [6.45, 7) is 8.40. The van der Waals surface area contributed by atoms with E-state index in [0.29, 0.717) is 41.4 Å². The lowest BCUT2D eigenvalue weighted by Gasteiger charge is -2.38. The fourth-order valence-corrected chi connectivity index (χ4v) is 6.52. The van der Waals surface area contributed by atoms with Gasteiger partial charge < -0.3 is 29.0 Å². The van der Waals surface area contributed by atoms with Crippen molar-refractivity contribution in [2.75, 3.05) is 27.2 Å². The molecule has 1 aromatic heterocycles. The van der Waals surface area contributed by atoms with Gasteiger partial charge in [-0.25, -0.2) is 4.39 Å². The molecule has 1 saturated carbocycles. The molecule has 1 amide bonds. The van der Waals surface area contributed by atoms with Gasteiger partial charge in [0, 0.05) is 47.3 Å². The average Bonchev–Trinajstić information content (AvgIpc) is 3.53. The molecule has 4 aliphatic rings. The zero-order valence-electron chi connectivity index (χ0n) is 23.0. The van der Waals surface area contributed by atoms with Crippen molar-refractivity contribution in [1.82, 2.24) is 14.8 Å². The fraction of sp³-hybridized carbons (Fsp3) is 0.586. The maximum Gasteiger partial charge on any atom is 0.275 e. The van der Waals surface area contributed by atoms with Gasteiger partial charge in [0.05, 0.1) is 18.7 Å². The van der Waals surface area contributed by atoms with Crippen LogP contribution >= 0.6 is 0 Å². The number of halogens is 1. The molecular formula is C29H36FN3O5. The second-order valence-corrected chi connectivity index (χ2v) is 12.0. The van der Waals surface area contributed by atoms with Crippen molar-refractivity contribution in [3.8, 4) is 11.5 Å². The van der Waals surface area contributed by atoms with Gasteiger partial charge in [0.25, 0.3) is 17.3 Å². The number of nitrogens with zero attached hydrogens (tertiary/aromatic N) is 2. The Kier molecular flexibility index (Phi) is 5.71. The van der Waals surface area contributed by atoms with Crippen molar-refractivity contribution >= 4 is 5.91 Å². The SMILES string of the molecule is Cc1cc(C)c(CN2CC3(CC3)c3c(F)c4c(c(C)c3C2=O)O[C@](C)([C@@H]2CC[C@H](N(C)C)CO2)O4)c(=O)[nH]1. The minimum Gasteiger partial charge on any atom is -0.446 e. The third kappa shape index (κ3) is 3.77. The summed E-state index contributed by atoms with van der Waals surface area (Å²) >= 11 is 0. The van der Waals surface area contributed by atoms with Crippen LogP contribution < -0.4 is 15.0 Å². The second kappa shape index (κ2) is 8.55. The number of hydrogen-bond acceptors (Lipinski definition) is 6. The van der Waals surface area contributed by atoms with Gasteiger partial charge >= 0.3 is 0 Å². The maximum atomic E-state index is 16.3. The molecule has 2 aromatic rings. The molecule has 2 fully saturated rings. The number of hydrogen-bond donors (Lipinski definition) is 1. The zero-order chi connectivity index (χ0) is 27.1. The molecule has 1 aliphatic carbocycles. The Morgan fingerprint density at radius 3 is 2.45 bits per heavy atom. The minimum absolute atomic E-state index is 0.0837. The molecule has 4 heterocycles. The number of pyridine rings is 1.